The maximum Gasteiger partial charge on any atom is 0.338 e. The molecule has 34 heavy (non-hydrogen) atoms. The minimum Gasteiger partial charge on any atom is -0.494 e. The molecule has 1 saturated carbocycles. The first-order valence-corrected chi connectivity index (χ1v) is 12.2. The van der Waals surface area contributed by atoms with Crippen molar-refractivity contribution in [1.29, 1.82) is 0 Å². The Kier molecular flexibility index (Phi) is 7.52. The molecule has 0 radical (unpaired) electrons. The summed E-state index contributed by atoms with van der Waals surface area (Å²) >= 11 is 1.29. The van der Waals surface area contributed by atoms with Crippen molar-refractivity contribution < 1.29 is 23.9 Å². The third-order valence-corrected chi connectivity index (χ3v) is 6.49. The summed E-state index contributed by atoms with van der Waals surface area (Å²) < 4.78 is 10.4. The molecule has 1 N–H and O–H groups in total. The average molecular weight is 482 g/mol. The van der Waals surface area contributed by atoms with Crippen LogP contribution in [0.2, 0.25) is 0 Å². The Morgan fingerprint density at radius 3 is 2.38 bits per heavy atom. The summed E-state index contributed by atoms with van der Waals surface area (Å²) in [5.74, 6) is -0.0148. The Bertz CT molecular complexity index is 1080. The first-order chi connectivity index (χ1) is 16.5. The number of amides is 2. The third kappa shape index (κ3) is 5.77. The highest BCUT2D eigenvalue weighted by molar-refractivity contribution is 8.15. The lowest BCUT2D eigenvalue weighted by molar-refractivity contribution is -0.129. The number of anilines is 1. The van der Waals surface area contributed by atoms with Gasteiger partial charge in [-0.15, -0.1) is 0 Å². The number of carbonyl (C=O) groups excluding carboxylic acids is 3. The van der Waals surface area contributed by atoms with Gasteiger partial charge in [-0.2, -0.15) is 0 Å². The minimum absolute atomic E-state index is 0.102. The van der Waals surface area contributed by atoms with Crippen LogP contribution in [0.1, 0.15) is 43.5 Å². The fourth-order valence-electron chi connectivity index (χ4n) is 3.53. The van der Waals surface area contributed by atoms with Gasteiger partial charge < -0.3 is 14.8 Å². The van der Waals surface area contributed by atoms with E-state index in [4.69, 9.17) is 9.47 Å². The van der Waals surface area contributed by atoms with Crippen LogP contribution in [0.4, 0.5) is 11.4 Å². The topological polar surface area (TPSA) is 97.3 Å². The summed E-state index contributed by atoms with van der Waals surface area (Å²) in [6, 6.07) is 14.0. The van der Waals surface area contributed by atoms with Gasteiger partial charge >= 0.3 is 5.97 Å². The van der Waals surface area contributed by atoms with Crippen LogP contribution >= 0.6 is 11.8 Å². The number of hydrogen-bond donors (Lipinski definition) is 1. The van der Waals surface area contributed by atoms with E-state index in [-0.39, 0.29) is 24.3 Å². The van der Waals surface area contributed by atoms with Gasteiger partial charge in [-0.25, -0.2) is 9.79 Å². The summed E-state index contributed by atoms with van der Waals surface area (Å²) in [6.07, 6.45) is 1.97. The zero-order valence-corrected chi connectivity index (χ0v) is 20.0. The molecule has 178 valence electrons. The van der Waals surface area contributed by atoms with E-state index in [2.05, 4.69) is 10.3 Å². The maximum atomic E-state index is 13.0. The SMILES string of the molecule is CCOC(=O)c1ccc(N=C2S[C@@H](C(=O)Nc3ccc(OCC)cc3)CC(=O)N2C2CC2)cc1. The van der Waals surface area contributed by atoms with Gasteiger partial charge in [0.2, 0.25) is 11.8 Å². The molecular weight excluding hydrogens is 454 g/mol. The predicted octanol–water partition coefficient (Wildman–Crippen LogP) is 4.38. The third-order valence-electron chi connectivity index (χ3n) is 5.32. The normalized spacial score (nSPS) is 19.1. The first kappa shape index (κ1) is 23.8. The van der Waals surface area contributed by atoms with E-state index in [1.165, 1.54) is 11.8 Å². The van der Waals surface area contributed by atoms with Gasteiger partial charge in [0.1, 0.15) is 11.0 Å². The summed E-state index contributed by atoms with van der Waals surface area (Å²) in [7, 11) is 0. The fourth-order valence-corrected chi connectivity index (χ4v) is 4.70. The van der Waals surface area contributed by atoms with Crippen LogP contribution < -0.4 is 10.1 Å². The van der Waals surface area contributed by atoms with E-state index >= 15 is 0 Å². The van der Waals surface area contributed by atoms with Gasteiger partial charge in [0.05, 0.1) is 24.5 Å². The summed E-state index contributed by atoms with van der Waals surface area (Å²) in [4.78, 5) is 44.2. The second kappa shape index (κ2) is 10.7. The zero-order valence-electron chi connectivity index (χ0n) is 19.2. The Morgan fingerprint density at radius 2 is 1.76 bits per heavy atom. The predicted molar refractivity (Wildman–Crippen MR) is 132 cm³/mol. The molecule has 2 aromatic carbocycles. The summed E-state index contributed by atoms with van der Waals surface area (Å²) in [5.41, 5.74) is 1.67. The summed E-state index contributed by atoms with van der Waals surface area (Å²) in [6.45, 7) is 4.53. The molecule has 1 aliphatic heterocycles. The van der Waals surface area contributed by atoms with Gasteiger partial charge in [0, 0.05) is 18.2 Å². The maximum absolute atomic E-state index is 13.0. The number of amidine groups is 1. The van der Waals surface area contributed by atoms with E-state index < -0.39 is 11.2 Å². The van der Waals surface area contributed by atoms with Crippen molar-refractivity contribution in [2.24, 2.45) is 4.99 Å². The number of nitrogens with one attached hydrogen (secondary N) is 1. The number of rotatable bonds is 8. The number of thioether (sulfide) groups is 1. The molecule has 1 saturated heterocycles. The van der Waals surface area contributed by atoms with Gasteiger partial charge in [0.15, 0.2) is 5.17 Å². The standard InChI is InChI=1S/C25H27N3O5S/c1-3-32-20-13-9-17(10-14-20)26-23(30)21-15-22(29)28(19-11-12-19)25(34-21)27-18-7-5-16(6-8-18)24(31)33-4-2/h5-10,13-14,19,21H,3-4,11-12,15H2,1-2H3,(H,26,30)/t21-/m1/s1. The molecule has 4 rings (SSSR count). The van der Waals surface area contributed by atoms with Gasteiger partial charge in [0.25, 0.3) is 0 Å². The van der Waals surface area contributed by atoms with Crippen molar-refractivity contribution in [1.82, 2.24) is 4.90 Å². The van der Waals surface area contributed by atoms with E-state index in [0.717, 1.165) is 18.6 Å². The highest BCUT2D eigenvalue weighted by atomic mass is 32.2. The molecule has 2 aromatic rings. The van der Waals surface area contributed by atoms with Gasteiger partial charge in [-0.1, -0.05) is 11.8 Å². The van der Waals surface area contributed by atoms with Crippen molar-refractivity contribution in [3.05, 3.63) is 54.1 Å². The molecule has 8 nitrogen and oxygen atoms in total. The van der Waals surface area contributed by atoms with Gasteiger partial charge in [-0.3, -0.25) is 14.5 Å². The fraction of sp³-hybridized carbons (Fsp3) is 0.360. The minimum atomic E-state index is -0.591. The Labute approximate surface area is 202 Å². The number of carbonyl (C=O) groups is 3. The lowest BCUT2D eigenvalue weighted by Crippen LogP contribution is -2.46. The molecule has 0 spiro atoms. The van der Waals surface area contributed by atoms with Crippen LogP contribution in [0.25, 0.3) is 0 Å². The molecule has 1 heterocycles. The second-order valence-electron chi connectivity index (χ2n) is 7.91. The molecule has 0 unspecified atom stereocenters. The van der Waals surface area contributed by atoms with Crippen molar-refractivity contribution in [2.75, 3.05) is 18.5 Å². The highest BCUT2D eigenvalue weighted by Gasteiger charge is 2.43. The number of nitrogens with zero attached hydrogens (tertiary/aromatic N) is 2. The molecule has 1 atom stereocenters. The number of hydrogen-bond acceptors (Lipinski definition) is 7. The molecule has 1 aliphatic carbocycles. The van der Waals surface area contributed by atoms with E-state index in [1.807, 2.05) is 6.92 Å². The van der Waals surface area contributed by atoms with Crippen LogP contribution in [-0.2, 0) is 14.3 Å². The summed E-state index contributed by atoms with van der Waals surface area (Å²) in [5, 5.41) is 2.80. The lowest BCUT2D eigenvalue weighted by atomic mass is 10.2. The van der Waals surface area contributed by atoms with E-state index in [0.29, 0.717) is 35.3 Å². The Balaban J connectivity index is 1.49. The molecule has 2 amide bonds. The number of benzene rings is 2. The van der Waals surface area contributed by atoms with Crippen LogP contribution in [0.5, 0.6) is 5.75 Å². The van der Waals surface area contributed by atoms with Crippen LogP contribution in [0, 0.1) is 0 Å². The lowest BCUT2D eigenvalue weighted by Gasteiger charge is -2.31. The first-order valence-electron chi connectivity index (χ1n) is 11.4. The molecule has 0 aromatic heterocycles. The molecular formula is C25H27N3O5S. The Hall–Kier alpha value is -3.33. The molecule has 2 aliphatic rings. The quantitative estimate of drug-likeness (QED) is 0.562. The molecule has 2 fully saturated rings. The van der Waals surface area contributed by atoms with Crippen LogP contribution in [0.15, 0.2) is 53.5 Å². The van der Waals surface area contributed by atoms with Crippen molar-refractivity contribution >= 4 is 46.1 Å². The smallest absolute Gasteiger partial charge is 0.338 e. The van der Waals surface area contributed by atoms with E-state index in [9.17, 15) is 14.4 Å². The number of ether oxygens (including phenoxy) is 2. The van der Waals surface area contributed by atoms with Crippen molar-refractivity contribution in [3.63, 3.8) is 0 Å². The highest BCUT2D eigenvalue weighted by Crippen LogP contribution is 2.37. The van der Waals surface area contributed by atoms with Crippen LogP contribution in [-0.4, -0.2) is 52.4 Å². The van der Waals surface area contributed by atoms with Crippen molar-refractivity contribution in [3.8, 4) is 5.75 Å². The van der Waals surface area contributed by atoms with E-state index in [1.54, 1.807) is 60.4 Å². The molecule has 0 bridgehead atoms. The van der Waals surface area contributed by atoms with Crippen LogP contribution in [0.3, 0.4) is 0 Å². The Morgan fingerprint density at radius 1 is 1.06 bits per heavy atom. The molecule has 9 heteroatoms. The van der Waals surface area contributed by atoms with Gasteiger partial charge in [-0.05, 0) is 75.2 Å². The monoisotopic (exact) mass is 481 g/mol. The zero-order chi connectivity index (χ0) is 24.1. The average Bonchev–Trinajstić information content (AvgIpc) is 3.66. The van der Waals surface area contributed by atoms with Crippen molar-refractivity contribution in [2.45, 2.75) is 44.4 Å². The second-order valence-corrected chi connectivity index (χ2v) is 9.08. The number of aliphatic imine (C=N–C) groups is 1. The largest absolute Gasteiger partial charge is 0.494 e. The number of esters is 1.